The average Bonchev–Trinajstić information content (AvgIpc) is 2.30. The summed E-state index contributed by atoms with van der Waals surface area (Å²) in [5, 5.41) is 5.24. The molecule has 2 rings (SSSR count). The fraction of sp³-hybridized carbons (Fsp3) is 0.0833. The zero-order chi connectivity index (χ0) is 12.1. The van der Waals surface area contributed by atoms with Gasteiger partial charge in [-0.1, -0.05) is 12.1 Å². The Morgan fingerprint density at radius 1 is 1.12 bits per heavy atom. The lowest BCUT2D eigenvalue weighted by Gasteiger charge is -2.06. The van der Waals surface area contributed by atoms with E-state index in [9.17, 15) is 4.79 Å². The number of nitrogens with zero attached hydrogens (tertiary/aromatic N) is 2. The van der Waals surface area contributed by atoms with E-state index < -0.39 is 0 Å². The Bertz CT molecular complexity index is 513. The van der Waals surface area contributed by atoms with Crippen LogP contribution in [-0.4, -0.2) is 16.0 Å². The third-order valence-corrected chi connectivity index (χ3v) is 2.07. The zero-order valence-electron chi connectivity index (χ0n) is 9.34. The van der Waals surface area contributed by atoms with Crippen molar-refractivity contribution >= 4 is 17.7 Å². The molecule has 0 fully saturated rings. The second-order valence-electron chi connectivity index (χ2n) is 3.52. The van der Waals surface area contributed by atoms with E-state index in [-0.39, 0.29) is 12.0 Å². The largest absolute Gasteiger partial charge is 0.326 e. The molecule has 1 aromatic carbocycles. The highest BCUT2D eigenvalue weighted by molar-refractivity contribution is 5.98. The van der Waals surface area contributed by atoms with Crippen molar-refractivity contribution in [3.8, 4) is 0 Å². The summed E-state index contributed by atoms with van der Waals surface area (Å²) in [6.07, 6.45) is 3.13. The molecule has 5 heteroatoms. The Hall–Kier alpha value is -2.43. The molecular formula is C12H12N4O. The molecule has 0 bridgehead atoms. The topological polar surface area (TPSA) is 66.9 Å². The maximum absolute atomic E-state index is 11.6. The van der Waals surface area contributed by atoms with Gasteiger partial charge in [-0.2, -0.15) is 0 Å². The van der Waals surface area contributed by atoms with Crippen LogP contribution in [0.1, 0.15) is 5.56 Å². The van der Waals surface area contributed by atoms with Gasteiger partial charge in [-0.25, -0.2) is 14.8 Å². The summed E-state index contributed by atoms with van der Waals surface area (Å²) >= 11 is 0. The van der Waals surface area contributed by atoms with Crippen molar-refractivity contribution in [3.63, 3.8) is 0 Å². The molecule has 0 saturated carbocycles. The number of nitrogens with one attached hydrogen (secondary N) is 2. The quantitative estimate of drug-likeness (QED) is 0.829. The van der Waals surface area contributed by atoms with Crippen molar-refractivity contribution in [2.75, 3.05) is 10.6 Å². The van der Waals surface area contributed by atoms with Crippen LogP contribution in [0.4, 0.5) is 16.4 Å². The van der Waals surface area contributed by atoms with Crippen molar-refractivity contribution in [1.29, 1.82) is 0 Å². The van der Waals surface area contributed by atoms with Gasteiger partial charge in [0.25, 0.3) is 0 Å². The first-order valence-corrected chi connectivity index (χ1v) is 5.16. The normalized spacial score (nSPS) is 9.71. The minimum Gasteiger partial charge on any atom is -0.308 e. The first-order valence-electron chi connectivity index (χ1n) is 5.16. The number of hydrogen-bond acceptors (Lipinski definition) is 3. The molecular weight excluding hydrogens is 216 g/mol. The Balaban J connectivity index is 1.98. The summed E-state index contributed by atoms with van der Waals surface area (Å²) in [5.74, 6) is 0.276. The monoisotopic (exact) mass is 228 g/mol. The van der Waals surface area contributed by atoms with Crippen molar-refractivity contribution in [2.24, 2.45) is 0 Å². The summed E-state index contributed by atoms with van der Waals surface area (Å²) in [6.45, 7) is 1.96. The van der Waals surface area contributed by atoms with Crippen molar-refractivity contribution in [2.45, 2.75) is 6.92 Å². The zero-order valence-corrected chi connectivity index (χ0v) is 9.34. The average molecular weight is 228 g/mol. The number of amides is 2. The maximum Gasteiger partial charge on any atom is 0.326 e. The van der Waals surface area contributed by atoms with Gasteiger partial charge in [0.1, 0.15) is 0 Å². The minimum atomic E-state index is -0.359. The summed E-state index contributed by atoms with van der Waals surface area (Å²) < 4.78 is 0. The number of carbonyl (C=O) groups excluding carboxylic acids is 1. The van der Waals surface area contributed by atoms with Crippen molar-refractivity contribution < 1.29 is 4.79 Å². The Kier molecular flexibility index (Phi) is 3.30. The highest BCUT2D eigenvalue weighted by Crippen LogP contribution is 2.09. The summed E-state index contributed by atoms with van der Waals surface area (Å²) in [7, 11) is 0. The number of aromatic nitrogens is 2. The SMILES string of the molecule is Cc1cccc(NC(=O)Nc2ncccn2)c1. The van der Waals surface area contributed by atoms with E-state index in [0.717, 1.165) is 11.3 Å². The second kappa shape index (κ2) is 5.07. The molecule has 17 heavy (non-hydrogen) atoms. The number of aryl methyl sites for hydroxylation is 1. The van der Waals surface area contributed by atoms with Crippen molar-refractivity contribution in [1.82, 2.24) is 9.97 Å². The van der Waals surface area contributed by atoms with Crippen LogP contribution in [-0.2, 0) is 0 Å². The Morgan fingerprint density at radius 2 is 1.88 bits per heavy atom. The lowest BCUT2D eigenvalue weighted by atomic mass is 10.2. The molecule has 0 radical (unpaired) electrons. The van der Waals surface area contributed by atoms with Crippen LogP contribution < -0.4 is 10.6 Å². The lowest BCUT2D eigenvalue weighted by molar-refractivity contribution is 0.262. The smallest absolute Gasteiger partial charge is 0.308 e. The standard InChI is InChI=1S/C12H12N4O/c1-9-4-2-5-10(8-9)15-12(17)16-11-13-6-3-7-14-11/h2-8H,1H3,(H2,13,14,15,16,17). The number of anilines is 2. The first-order chi connectivity index (χ1) is 8.24. The molecule has 1 heterocycles. The fourth-order valence-electron chi connectivity index (χ4n) is 1.35. The van der Waals surface area contributed by atoms with Crippen LogP contribution in [0.25, 0.3) is 0 Å². The molecule has 2 amide bonds. The van der Waals surface area contributed by atoms with Gasteiger partial charge in [0.15, 0.2) is 0 Å². The molecule has 0 unspecified atom stereocenters. The second-order valence-corrected chi connectivity index (χ2v) is 3.52. The van der Waals surface area contributed by atoms with Gasteiger partial charge in [0.2, 0.25) is 5.95 Å². The fourth-order valence-corrected chi connectivity index (χ4v) is 1.35. The Labute approximate surface area is 98.9 Å². The highest BCUT2D eigenvalue weighted by Gasteiger charge is 2.03. The van der Waals surface area contributed by atoms with Gasteiger partial charge in [0.05, 0.1) is 0 Å². The maximum atomic E-state index is 11.6. The number of rotatable bonds is 2. The molecule has 2 aromatic rings. The molecule has 2 N–H and O–H groups in total. The van der Waals surface area contributed by atoms with E-state index >= 15 is 0 Å². The van der Waals surface area contributed by atoms with Gasteiger partial charge in [-0.05, 0) is 30.7 Å². The number of urea groups is 1. The predicted octanol–water partition coefficient (Wildman–Crippen LogP) is 2.43. The van der Waals surface area contributed by atoms with E-state index in [1.807, 2.05) is 31.2 Å². The van der Waals surface area contributed by atoms with Gasteiger partial charge < -0.3 is 5.32 Å². The molecule has 0 aliphatic carbocycles. The molecule has 0 saturated heterocycles. The summed E-state index contributed by atoms with van der Waals surface area (Å²) in [6, 6.07) is 8.86. The third kappa shape index (κ3) is 3.27. The number of benzene rings is 1. The number of hydrogen-bond donors (Lipinski definition) is 2. The van der Waals surface area contributed by atoms with E-state index in [1.54, 1.807) is 18.5 Å². The van der Waals surface area contributed by atoms with E-state index in [4.69, 9.17) is 0 Å². The summed E-state index contributed by atoms with van der Waals surface area (Å²) in [5.41, 5.74) is 1.82. The molecule has 0 atom stereocenters. The van der Waals surface area contributed by atoms with Gasteiger partial charge in [0, 0.05) is 18.1 Å². The molecule has 0 spiro atoms. The van der Waals surface area contributed by atoms with E-state index in [2.05, 4.69) is 20.6 Å². The van der Waals surface area contributed by atoms with E-state index in [0.29, 0.717) is 0 Å². The third-order valence-electron chi connectivity index (χ3n) is 2.07. The van der Waals surface area contributed by atoms with Crippen LogP contribution in [0, 0.1) is 6.92 Å². The summed E-state index contributed by atoms with van der Waals surface area (Å²) in [4.78, 5) is 19.4. The first kappa shape index (κ1) is 11.1. The van der Waals surface area contributed by atoms with E-state index in [1.165, 1.54) is 0 Å². The molecule has 0 aliphatic rings. The molecule has 0 aliphatic heterocycles. The minimum absolute atomic E-state index is 0.276. The lowest BCUT2D eigenvalue weighted by Crippen LogP contribution is -2.20. The molecule has 5 nitrogen and oxygen atoms in total. The predicted molar refractivity (Wildman–Crippen MR) is 65.9 cm³/mol. The molecule has 1 aromatic heterocycles. The van der Waals surface area contributed by atoms with Crippen LogP contribution in [0.5, 0.6) is 0 Å². The van der Waals surface area contributed by atoms with Crippen LogP contribution in [0.15, 0.2) is 42.7 Å². The van der Waals surface area contributed by atoms with Gasteiger partial charge in [-0.3, -0.25) is 5.32 Å². The van der Waals surface area contributed by atoms with Gasteiger partial charge in [-0.15, -0.1) is 0 Å². The van der Waals surface area contributed by atoms with Crippen LogP contribution >= 0.6 is 0 Å². The molecule has 86 valence electrons. The highest BCUT2D eigenvalue weighted by atomic mass is 16.2. The Morgan fingerprint density at radius 3 is 2.59 bits per heavy atom. The number of carbonyl (C=O) groups is 1. The van der Waals surface area contributed by atoms with Crippen LogP contribution in [0.3, 0.4) is 0 Å². The van der Waals surface area contributed by atoms with Crippen molar-refractivity contribution in [3.05, 3.63) is 48.3 Å². The van der Waals surface area contributed by atoms with Crippen LogP contribution in [0.2, 0.25) is 0 Å². The van der Waals surface area contributed by atoms with Gasteiger partial charge >= 0.3 is 6.03 Å².